The van der Waals surface area contributed by atoms with Gasteiger partial charge in [-0.15, -0.1) is 0 Å². The van der Waals surface area contributed by atoms with Crippen molar-refractivity contribution in [1.29, 1.82) is 0 Å². The Morgan fingerprint density at radius 1 is 1.10 bits per heavy atom. The van der Waals surface area contributed by atoms with E-state index < -0.39 is 11.7 Å². The summed E-state index contributed by atoms with van der Waals surface area (Å²) in [6.45, 7) is 0. The summed E-state index contributed by atoms with van der Waals surface area (Å²) < 4.78 is 43.3. The van der Waals surface area contributed by atoms with Crippen molar-refractivity contribution in [1.82, 2.24) is 9.97 Å². The normalized spacial score (nSPS) is 11.8. The van der Waals surface area contributed by atoms with Crippen LogP contribution in [0.2, 0.25) is 0 Å². The van der Waals surface area contributed by atoms with E-state index in [1.165, 1.54) is 19.2 Å². The molecule has 21 heavy (non-hydrogen) atoms. The number of H-pyrrole nitrogens is 1. The average Bonchev–Trinajstić information content (AvgIpc) is 2.89. The minimum Gasteiger partial charge on any atom is -0.496 e. The van der Waals surface area contributed by atoms with Crippen LogP contribution in [0.4, 0.5) is 13.2 Å². The van der Waals surface area contributed by atoms with E-state index in [1.807, 2.05) is 24.3 Å². The number of fused-ring (bicyclic) bond motifs is 1. The molecular formula is C15H11F3N2O. The van der Waals surface area contributed by atoms with E-state index in [1.54, 1.807) is 0 Å². The van der Waals surface area contributed by atoms with Crippen LogP contribution in [0.5, 0.6) is 5.75 Å². The van der Waals surface area contributed by atoms with Crippen LogP contribution in [0.1, 0.15) is 5.56 Å². The van der Waals surface area contributed by atoms with Crippen molar-refractivity contribution in [3.05, 3.63) is 48.0 Å². The van der Waals surface area contributed by atoms with E-state index in [2.05, 4.69) is 9.97 Å². The summed E-state index contributed by atoms with van der Waals surface area (Å²) in [6, 6.07) is 11.1. The highest BCUT2D eigenvalue weighted by Crippen LogP contribution is 2.38. The van der Waals surface area contributed by atoms with Crippen LogP contribution in [0, 0.1) is 0 Å². The van der Waals surface area contributed by atoms with E-state index in [-0.39, 0.29) is 5.75 Å². The van der Waals surface area contributed by atoms with Crippen molar-refractivity contribution in [2.75, 3.05) is 7.11 Å². The smallest absolute Gasteiger partial charge is 0.419 e. The number of aromatic amines is 1. The molecule has 3 nitrogen and oxygen atoms in total. The molecule has 108 valence electrons. The van der Waals surface area contributed by atoms with E-state index in [4.69, 9.17) is 4.74 Å². The third kappa shape index (κ3) is 2.44. The molecule has 3 rings (SSSR count). The van der Waals surface area contributed by atoms with E-state index in [0.29, 0.717) is 11.4 Å². The zero-order valence-corrected chi connectivity index (χ0v) is 11.0. The summed E-state index contributed by atoms with van der Waals surface area (Å²) in [5.41, 5.74) is 1.32. The fraction of sp³-hybridized carbons (Fsp3) is 0.133. The fourth-order valence-corrected chi connectivity index (χ4v) is 2.16. The molecule has 3 aromatic rings. The van der Waals surface area contributed by atoms with E-state index >= 15 is 0 Å². The molecule has 2 aromatic carbocycles. The Morgan fingerprint density at radius 2 is 1.86 bits per heavy atom. The molecule has 1 N–H and O–H groups in total. The fourth-order valence-electron chi connectivity index (χ4n) is 2.16. The highest BCUT2D eigenvalue weighted by atomic mass is 19.4. The van der Waals surface area contributed by atoms with Gasteiger partial charge in [0.25, 0.3) is 0 Å². The summed E-state index contributed by atoms with van der Waals surface area (Å²) in [4.78, 5) is 7.43. The highest BCUT2D eigenvalue weighted by Gasteiger charge is 2.34. The lowest BCUT2D eigenvalue weighted by Crippen LogP contribution is -2.07. The number of hydrogen-bond donors (Lipinski definition) is 1. The lowest BCUT2D eigenvalue weighted by Gasteiger charge is -2.12. The molecule has 6 heteroatoms. The van der Waals surface area contributed by atoms with Gasteiger partial charge in [0.2, 0.25) is 0 Å². The Balaban J connectivity index is 2.10. The molecule has 0 amide bonds. The monoisotopic (exact) mass is 292 g/mol. The van der Waals surface area contributed by atoms with Crippen molar-refractivity contribution in [2.45, 2.75) is 6.18 Å². The van der Waals surface area contributed by atoms with Crippen molar-refractivity contribution in [2.24, 2.45) is 0 Å². The van der Waals surface area contributed by atoms with Crippen molar-refractivity contribution in [3.63, 3.8) is 0 Å². The third-order valence-corrected chi connectivity index (χ3v) is 3.17. The van der Waals surface area contributed by atoms with Gasteiger partial charge < -0.3 is 9.72 Å². The molecule has 1 aromatic heterocycles. The van der Waals surface area contributed by atoms with Gasteiger partial charge in [-0.05, 0) is 24.3 Å². The molecule has 0 radical (unpaired) electrons. The van der Waals surface area contributed by atoms with Gasteiger partial charge in [-0.1, -0.05) is 18.2 Å². The molecule has 0 spiro atoms. The molecule has 0 unspecified atom stereocenters. The maximum atomic E-state index is 12.8. The molecule has 0 aliphatic heterocycles. The van der Waals surface area contributed by atoms with Crippen molar-refractivity contribution in [3.8, 4) is 17.1 Å². The van der Waals surface area contributed by atoms with Crippen LogP contribution in [-0.4, -0.2) is 17.1 Å². The quantitative estimate of drug-likeness (QED) is 0.766. The first kappa shape index (κ1) is 13.5. The van der Waals surface area contributed by atoms with Gasteiger partial charge in [0.15, 0.2) is 0 Å². The van der Waals surface area contributed by atoms with Gasteiger partial charge >= 0.3 is 6.18 Å². The van der Waals surface area contributed by atoms with Crippen LogP contribution >= 0.6 is 0 Å². The van der Waals surface area contributed by atoms with Gasteiger partial charge in [-0.25, -0.2) is 4.98 Å². The van der Waals surface area contributed by atoms with Crippen molar-refractivity contribution < 1.29 is 17.9 Å². The number of alkyl halides is 3. The number of imidazole rings is 1. The number of ether oxygens (including phenoxy) is 1. The van der Waals surface area contributed by atoms with Gasteiger partial charge in [0.1, 0.15) is 11.6 Å². The number of aromatic nitrogens is 2. The molecule has 0 aliphatic rings. The Kier molecular flexibility index (Phi) is 3.08. The average molecular weight is 292 g/mol. The Labute approximate surface area is 118 Å². The maximum absolute atomic E-state index is 12.8. The Hall–Kier alpha value is -2.50. The topological polar surface area (TPSA) is 37.9 Å². The van der Waals surface area contributed by atoms with Gasteiger partial charge in [0.05, 0.1) is 23.7 Å². The molecule has 0 atom stereocenters. The summed E-state index contributed by atoms with van der Waals surface area (Å²) in [7, 11) is 1.22. The maximum Gasteiger partial charge on any atom is 0.419 e. The molecule has 0 fully saturated rings. The van der Waals surface area contributed by atoms with E-state index in [9.17, 15) is 13.2 Å². The minimum absolute atomic E-state index is 0.222. The summed E-state index contributed by atoms with van der Waals surface area (Å²) in [5.74, 6) is 0.281. The Morgan fingerprint density at radius 3 is 2.52 bits per heavy atom. The number of nitrogens with one attached hydrogen (secondary N) is 1. The first-order valence-corrected chi connectivity index (χ1v) is 6.19. The second kappa shape index (κ2) is 4.80. The summed E-state index contributed by atoms with van der Waals surface area (Å²) in [5, 5.41) is 0. The molecular weight excluding hydrogens is 281 g/mol. The number of para-hydroxylation sites is 2. The zero-order valence-electron chi connectivity index (χ0n) is 11.0. The number of nitrogens with zero attached hydrogens (tertiary/aromatic N) is 1. The zero-order chi connectivity index (χ0) is 15.0. The number of methoxy groups -OCH3 is 1. The molecule has 1 heterocycles. The van der Waals surface area contributed by atoms with Crippen molar-refractivity contribution >= 4 is 11.0 Å². The molecule has 0 aliphatic carbocycles. The van der Waals surface area contributed by atoms with Gasteiger partial charge in [-0.3, -0.25) is 0 Å². The second-order valence-electron chi connectivity index (χ2n) is 4.52. The number of halogens is 3. The first-order chi connectivity index (χ1) is 9.99. The number of benzene rings is 2. The summed E-state index contributed by atoms with van der Waals surface area (Å²) >= 11 is 0. The van der Waals surface area contributed by atoms with Crippen LogP contribution in [0.25, 0.3) is 22.4 Å². The molecule has 0 saturated heterocycles. The highest BCUT2D eigenvalue weighted by molar-refractivity contribution is 5.79. The van der Waals surface area contributed by atoms with Crippen LogP contribution < -0.4 is 4.74 Å². The van der Waals surface area contributed by atoms with Crippen LogP contribution in [-0.2, 0) is 6.18 Å². The Bertz CT molecular complexity index is 760. The molecule has 0 bridgehead atoms. The van der Waals surface area contributed by atoms with Gasteiger partial charge in [-0.2, -0.15) is 13.2 Å². The SMILES string of the molecule is COc1cc(-c2nc3ccccc3[nH]2)ccc1C(F)(F)F. The number of rotatable bonds is 2. The third-order valence-electron chi connectivity index (χ3n) is 3.17. The van der Waals surface area contributed by atoms with E-state index in [0.717, 1.165) is 17.1 Å². The van der Waals surface area contributed by atoms with Crippen LogP contribution in [0.15, 0.2) is 42.5 Å². The predicted octanol–water partition coefficient (Wildman–Crippen LogP) is 4.26. The predicted molar refractivity (Wildman–Crippen MR) is 73.1 cm³/mol. The second-order valence-corrected chi connectivity index (χ2v) is 4.52. The molecule has 0 saturated carbocycles. The largest absolute Gasteiger partial charge is 0.496 e. The lowest BCUT2D eigenvalue weighted by molar-refractivity contribution is -0.138. The minimum atomic E-state index is -4.45. The lowest BCUT2D eigenvalue weighted by atomic mass is 10.1. The first-order valence-electron chi connectivity index (χ1n) is 6.19. The van der Waals surface area contributed by atoms with Crippen LogP contribution in [0.3, 0.4) is 0 Å². The van der Waals surface area contributed by atoms with Gasteiger partial charge in [0, 0.05) is 5.56 Å². The number of hydrogen-bond acceptors (Lipinski definition) is 2. The standard InChI is InChI=1S/C15H11F3N2O/c1-21-13-8-9(6-7-10(13)15(16,17)18)14-19-11-4-2-3-5-12(11)20-14/h2-8H,1H3,(H,19,20). The summed E-state index contributed by atoms with van der Waals surface area (Å²) in [6.07, 6.45) is -4.45.